The van der Waals surface area contributed by atoms with Gasteiger partial charge in [0.2, 0.25) is 0 Å². The maximum absolute atomic E-state index is 12.7. The second kappa shape index (κ2) is 7.47. The first-order valence-electron chi connectivity index (χ1n) is 7.84. The molecule has 24 heavy (non-hydrogen) atoms. The zero-order valence-electron chi connectivity index (χ0n) is 13.1. The van der Waals surface area contributed by atoms with Crippen molar-refractivity contribution in [2.45, 2.75) is 12.3 Å². The first kappa shape index (κ1) is 15.8. The number of nitrogens with zero attached hydrogens (tertiary/aromatic N) is 1. The lowest BCUT2D eigenvalue weighted by Gasteiger charge is -2.17. The quantitative estimate of drug-likeness (QED) is 0.446. The van der Waals surface area contributed by atoms with E-state index in [9.17, 15) is 9.70 Å². The SMILES string of the molecule is O=Nc1ccc([C@H](CC(=O)c2ccccc2)c2ccccc2)cc1. The topological polar surface area (TPSA) is 46.5 Å². The molecule has 0 amide bonds. The molecule has 0 saturated heterocycles. The number of hydrogen-bond donors (Lipinski definition) is 0. The van der Waals surface area contributed by atoms with Crippen LogP contribution in [0.5, 0.6) is 0 Å². The first-order valence-corrected chi connectivity index (χ1v) is 7.84. The summed E-state index contributed by atoms with van der Waals surface area (Å²) in [7, 11) is 0. The molecule has 0 aliphatic heterocycles. The van der Waals surface area contributed by atoms with Gasteiger partial charge in [0.1, 0.15) is 5.69 Å². The number of carbonyl (C=O) groups is 1. The Kier molecular flexibility index (Phi) is 4.92. The molecule has 0 fully saturated rings. The highest BCUT2D eigenvalue weighted by Crippen LogP contribution is 2.30. The molecule has 0 bridgehead atoms. The third-order valence-corrected chi connectivity index (χ3v) is 4.09. The Morgan fingerprint density at radius 2 is 1.29 bits per heavy atom. The van der Waals surface area contributed by atoms with Gasteiger partial charge in [0.05, 0.1) is 0 Å². The average molecular weight is 315 g/mol. The van der Waals surface area contributed by atoms with Gasteiger partial charge in [-0.1, -0.05) is 72.8 Å². The van der Waals surface area contributed by atoms with Crippen molar-refractivity contribution in [3.8, 4) is 0 Å². The molecule has 0 heterocycles. The van der Waals surface area contributed by atoms with Crippen LogP contribution in [0, 0.1) is 4.91 Å². The summed E-state index contributed by atoms with van der Waals surface area (Å²) in [5, 5.41) is 2.94. The molecule has 3 aromatic rings. The van der Waals surface area contributed by atoms with E-state index in [0.29, 0.717) is 17.7 Å². The molecule has 3 rings (SSSR count). The Hall–Kier alpha value is -3.07. The number of hydrogen-bond acceptors (Lipinski definition) is 3. The summed E-state index contributed by atoms with van der Waals surface area (Å²) in [5.74, 6) is 0.0432. The third-order valence-electron chi connectivity index (χ3n) is 4.09. The molecule has 118 valence electrons. The number of nitroso groups, excluding NO2 is 1. The number of carbonyl (C=O) groups excluding carboxylic acids is 1. The van der Waals surface area contributed by atoms with E-state index in [1.54, 1.807) is 12.1 Å². The maximum atomic E-state index is 12.7. The van der Waals surface area contributed by atoms with Crippen LogP contribution in [0.2, 0.25) is 0 Å². The van der Waals surface area contributed by atoms with Gasteiger partial charge in [-0.2, -0.15) is 0 Å². The van der Waals surface area contributed by atoms with Gasteiger partial charge in [0.15, 0.2) is 5.78 Å². The molecule has 0 aromatic heterocycles. The van der Waals surface area contributed by atoms with Gasteiger partial charge in [0.25, 0.3) is 0 Å². The van der Waals surface area contributed by atoms with Crippen LogP contribution in [0.3, 0.4) is 0 Å². The Morgan fingerprint density at radius 3 is 1.88 bits per heavy atom. The lowest BCUT2D eigenvalue weighted by Crippen LogP contribution is -2.09. The predicted molar refractivity (Wildman–Crippen MR) is 95.6 cm³/mol. The summed E-state index contributed by atoms with van der Waals surface area (Å²) in [6.07, 6.45) is 0.377. The Bertz CT molecular complexity index is 811. The van der Waals surface area contributed by atoms with Gasteiger partial charge >= 0.3 is 0 Å². The van der Waals surface area contributed by atoms with Crippen molar-refractivity contribution in [2.75, 3.05) is 0 Å². The highest BCUT2D eigenvalue weighted by atomic mass is 16.3. The Morgan fingerprint density at radius 1 is 0.750 bits per heavy atom. The van der Waals surface area contributed by atoms with E-state index in [1.165, 1.54) is 0 Å². The molecular weight excluding hydrogens is 298 g/mol. The number of ketones is 1. The first-order chi connectivity index (χ1) is 11.8. The van der Waals surface area contributed by atoms with Crippen molar-refractivity contribution < 1.29 is 4.79 Å². The number of rotatable bonds is 6. The summed E-state index contributed by atoms with van der Waals surface area (Å²) in [6.45, 7) is 0. The van der Waals surface area contributed by atoms with E-state index < -0.39 is 0 Å². The monoisotopic (exact) mass is 315 g/mol. The summed E-state index contributed by atoms with van der Waals surface area (Å²) in [5.41, 5.74) is 3.18. The van der Waals surface area contributed by atoms with Crippen LogP contribution in [0.4, 0.5) is 5.69 Å². The van der Waals surface area contributed by atoms with E-state index in [-0.39, 0.29) is 11.7 Å². The van der Waals surface area contributed by atoms with Crippen molar-refractivity contribution >= 4 is 11.5 Å². The molecule has 3 aromatic carbocycles. The molecule has 0 N–H and O–H groups in total. The van der Waals surface area contributed by atoms with Crippen LogP contribution < -0.4 is 0 Å². The normalized spacial score (nSPS) is 11.7. The zero-order chi connectivity index (χ0) is 16.8. The third kappa shape index (κ3) is 3.63. The van der Waals surface area contributed by atoms with Crippen LogP contribution in [0.25, 0.3) is 0 Å². The van der Waals surface area contributed by atoms with Crippen LogP contribution >= 0.6 is 0 Å². The highest BCUT2D eigenvalue weighted by molar-refractivity contribution is 5.96. The van der Waals surface area contributed by atoms with Crippen molar-refractivity contribution in [1.29, 1.82) is 0 Å². The van der Waals surface area contributed by atoms with Gasteiger partial charge in [-0.3, -0.25) is 4.79 Å². The number of Topliss-reactive ketones (excluding diaryl/α,β-unsaturated/α-hetero) is 1. The van der Waals surface area contributed by atoms with Gasteiger partial charge in [-0.15, -0.1) is 4.91 Å². The van der Waals surface area contributed by atoms with Crippen LogP contribution in [0.1, 0.15) is 33.8 Å². The molecule has 0 aliphatic rings. The highest BCUT2D eigenvalue weighted by Gasteiger charge is 2.19. The lowest BCUT2D eigenvalue weighted by atomic mass is 9.86. The molecule has 0 saturated carbocycles. The summed E-state index contributed by atoms with van der Waals surface area (Å²) in [6, 6.07) is 26.4. The van der Waals surface area contributed by atoms with Gasteiger partial charge in [-0.05, 0) is 28.4 Å². The van der Waals surface area contributed by atoms with Gasteiger partial charge in [0, 0.05) is 17.9 Å². The van der Waals surface area contributed by atoms with Gasteiger partial charge < -0.3 is 0 Å². The molecule has 3 nitrogen and oxygen atoms in total. The summed E-state index contributed by atoms with van der Waals surface area (Å²) >= 11 is 0. The molecular formula is C21H17NO2. The van der Waals surface area contributed by atoms with Crippen molar-refractivity contribution in [1.82, 2.24) is 0 Å². The fraction of sp³-hybridized carbons (Fsp3) is 0.0952. The van der Waals surface area contributed by atoms with E-state index >= 15 is 0 Å². The fourth-order valence-electron chi connectivity index (χ4n) is 2.81. The average Bonchev–Trinajstić information content (AvgIpc) is 2.67. The molecule has 0 unspecified atom stereocenters. The van der Waals surface area contributed by atoms with Crippen molar-refractivity contribution in [3.05, 3.63) is 107 Å². The lowest BCUT2D eigenvalue weighted by molar-refractivity contribution is 0.0977. The zero-order valence-corrected chi connectivity index (χ0v) is 13.1. The van der Waals surface area contributed by atoms with Crippen molar-refractivity contribution in [2.24, 2.45) is 5.18 Å². The van der Waals surface area contributed by atoms with E-state index in [2.05, 4.69) is 5.18 Å². The molecule has 0 radical (unpaired) electrons. The summed E-state index contributed by atoms with van der Waals surface area (Å²) in [4.78, 5) is 23.3. The standard InChI is InChI=1S/C21H17NO2/c23-21(18-9-5-2-6-10-18)15-20(16-7-3-1-4-8-16)17-11-13-19(22-24)14-12-17/h1-14,20H,15H2/t20-/m1/s1. The van der Waals surface area contributed by atoms with Crippen LogP contribution in [0.15, 0.2) is 90.1 Å². The largest absolute Gasteiger partial charge is 0.294 e. The second-order valence-electron chi connectivity index (χ2n) is 5.64. The minimum Gasteiger partial charge on any atom is -0.294 e. The number of benzene rings is 3. The minimum atomic E-state index is -0.0559. The molecule has 0 spiro atoms. The fourth-order valence-corrected chi connectivity index (χ4v) is 2.81. The maximum Gasteiger partial charge on any atom is 0.163 e. The molecule has 1 atom stereocenters. The minimum absolute atomic E-state index is 0.0559. The van der Waals surface area contributed by atoms with Crippen molar-refractivity contribution in [3.63, 3.8) is 0 Å². The van der Waals surface area contributed by atoms with Gasteiger partial charge in [-0.25, -0.2) is 0 Å². The second-order valence-corrected chi connectivity index (χ2v) is 5.64. The van der Waals surface area contributed by atoms with E-state index in [1.807, 2.05) is 72.8 Å². The predicted octanol–water partition coefficient (Wildman–Crippen LogP) is 5.49. The van der Waals surface area contributed by atoms with Crippen LogP contribution in [-0.2, 0) is 0 Å². The Labute approximate surface area is 140 Å². The van der Waals surface area contributed by atoms with E-state index in [4.69, 9.17) is 0 Å². The Balaban J connectivity index is 1.93. The smallest absolute Gasteiger partial charge is 0.163 e. The molecule has 3 heteroatoms. The van der Waals surface area contributed by atoms with E-state index in [0.717, 1.165) is 11.1 Å². The molecule has 0 aliphatic carbocycles. The summed E-state index contributed by atoms with van der Waals surface area (Å²) < 4.78 is 0. The van der Waals surface area contributed by atoms with Crippen LogP contribution in [-0.4, -0.2) is 5.78 Å².